The van der Waals surface area contributed by atoms with E-state index in [4.69, 9.17) is 27.6 Å². The molecule has 0 spiro atoms. The van der Waals surface area contributed by atoms with Gasteiger partial charge in [-0.3, -0.25) is 29.5 Å². The molecule has 10 nitrogen and oxygen atoms in total. The fourth-order valence-corrected chi connectivity index (χ4v) is 8.44. The lowest BCUT2D eigenvalue weighted by Gasteiger charge is -2.49. The Morgan fingerprint density at radius 1 is 1.04 bits per heavy atom. The first kappa shape index (κ1) is 32.4. The monoisotopic (exact) mass is 702 g/mol. The summed E-state index contributed by atoms with van der Waals surface area (Å²) in [5, 5.41) is 10.5. The van der Waals surface area contributed by atoms with Crippen LogP contribution in [-0.2, 0) is 37.4 Å². The Labute approximate surface area is 281 Å². The Kier molecular flexibility index (Phi) is 7.72. The standard InChI is InChI=1S/C33H27Cl2F3N4O6/c1-2-41-28(44)20-9-8-19-21(25(20)30(41)46)12-22-29(45)42(40-27-23(35)11-16(13-39-27)33(36,37)38)31(47)32(22,15-3-5-17(34)6-4-15)26(19)24-10-7-18(14-43)48-24/h3-8,10-11,13,20-22,25-26,43H,2,9,12,14H2,1H3,(H,39,40). The molecule has 6 atom stereocenters. The maximum Gasteiger partial charge on any atom is 0.417 e. The van der Waals surface area contributed by atoms with E-state index in [1.165, 1.54) is 4.90 Å². The van der Waals surface area contributed by atoms with E-state index >= 15 is 0 Å². The molecule has 2 aliphatic carbocycles. The third-order valence-corrected chi connectivity index (χ3v) is 10.6. The van der Waals surface area contributed by atoms with E-state index in [9.17, 15) is 37.5 Å². The number of halogens is 5. The molecule has 1 saturated carbocycles. The van der Waals surface area contributed by atoms with Gasteiger partial charge in [-0.25, -0.2) is 4.98 Å². The fourth-order valence-electron chi connectivity index (χ4n) is 8.10. The normalized spacial score (nSPS) is 28.4. The topological polar surface area (TPSA) is 133 Å². The van der Waals surface area contributed by atoms with E-state index in [0.717, 1.165) is 0 Å². The summed E-state index contributed by atoms with van der Waals surface area (Å²) in [4.78, 5) is 61.5. The summed E-state index contributed by atoms with van der Waals surface area (Å²) in [6.45, 7) is 1.44. The predicted molar refractivity (Wildman–Crippen MR) is 164 cm³/mol. The smallest absolute Gasteiger partial charge is 0.417 e. The van der Waals surface area contributed by atoms with Crippen LogP contribution in [0.4, 0.5) is 19.0 Å². The molecule has 4 aliphatic rings. The molecular formula is C33H27Cl2F3N4O6. The number of nitrogens with zero attached hydrogens (tertiary/aromatic N) is 3. The van der Waals surface area contributed by atoms with Crippen molar-refractivity contribution in [2.24, 2.45) is 23.7 Å². The molecule has 2 saturated heterocycles. The number of aliphatic hydroxyl groups is 1. The van der Waals surface area contributed by atoms with Crippen LogP contribution in [0.15, 0.2) is 64.7 Å². The van der Waals surface area contributed by atoms with E-state index in [2.05, 4.69) is 10.4 Å². The number of amides is 4. The number of hydrogen-bond donors (Lipinski definition) is 2. The van der Waals surface area contributed by atoms with Gasteiger partial charge in [0, 0.05) is 17.8 Å². The van der Waals surface area contributed by atoms with Crippen molar-refractivity contribution in [2.75, 3.05) is 12.0 Å². The molecule has 4 heterocycles. The number of fused-ring (bicyclic) bond motifs is 4. The number of likely N-dealkylation sites (tertiary alicyclic amines) is 1. The molecule has 3 aromatic rings. The molecule has 7 rings (SSSR count). The van der Waals surface area contributed by atoms with E-state index < -0.39 is 70.2 Å². The lowest BCUT2D eigenvalue weighted by atomic mass is 9.50. The zero-order chi connectivity index (χ0) is 34.3. The van der Waals surface area contributed by atoms with E-state index in [1.807, 2.05) is 6.08 Å². The van der Waals surface area contributed by atoms with Crippen molar-refractivity contribution in [1.29, 1.82) is 0 Å². The lowest BCUT2D eigenvalue weighted by Crippen LogP contribution is -2.53. The summed E-state index contributed by atoms with van der Waals surface area (Å²) in [5.74, 6) is -6.31. The van der Waals surface area contributed by atoms with Crippen molar-refractivity contribution in [3.63, 3.8) is 0 Å². The third-order valence-electron chi connectivity index (χ3n) is 10.1. The average molecular weight is 704 g/mol. The highest BCUT2D eigenvalue weighted by atomic mass is 35.5. The van der Waals surface area contributed by atoms with Gasteiger partial charge < -0.3 is 9.52 Å². The Hall–Kier alpha value is -4.20. The lowest BCUT2D eigenvalue weighted by molar-refractivity contribution is -0.141. The van der Waals surface area contributed by atoms with Crippen molar-refractivity contribution in [3.05, 3.63) is 93.0 Å². The number of benzene rings is 1. The number of hydrogen-bond acceptors (Lipinski definition) is 8. The molecular weight excluding hydrogens is 676 g/mol. The Morgan fingerprint density at radius 2 is 1.77 bits per heavy atom. The van der Waals surface area contributed by atoms with Crippen molar-refractivity contribution < 1.29 is 41.9 Å². The van der Waals surface area contributed by atoms with Gasteiger partial charge in [0.25, 0.3) is 11.8 Å². The van der Waals surface area contributed by atoms with Crippen LogP contribution in [0.2, 0.25) is 10.0 Å². The number of rotatable bonds is 6. The third kappa shape index (κ3) is 4.61. The summed E-state index contributed by atoms with van der Waals surface area (Å²) in [7, 11) is 0. The highest BCUT2D eigenvalue weighted by Crippen LogP contribution is 2.64. The van der Waals surface area contributed by atoms with E-state index in [1.54, 1.807) is 43.3 Å². The molecule has 4 amide bonds. The van der Waals surface area contributed by atoms with Gasteiger partial charge in [0.05, 0.1) is 34.3 Å². The number of aliphatic hydroxyl groups excluding tert-OH is 1. The first-order chi connectivity index (χ1) is 22.8. The van der Waals surface area contributed by atoms with Gasteiger partial charge in [-0.2, -0.15) is 18.2 Å². The van der Waals surface area contributed by atoms with Crippen molar-refractivity contribution in [3.8, 4) is 0 Å². The summed E-state index contributed by atoms with van der Waals surface area (Å²) < 4.78 is 46.1. The molecule has 6 unspecified atom stereocenters. The number of carbonyl (C=O) groups excluding carboxylic acids is 4. The van der Waals surface area contributed by atoms with Crippen LogP contribution in [0.25, 0.3) is 0 Å². The summed E-state index contributed by atoms with van der Waals surface area (Å²) >= 11 is 12.4. The average Bonchev–Trinajstić information content (AvgIpc) is 3.69. The SMILES string of the molecule is CCN1C(=O)C2CC=C3C(CC4C(=O)N(Nc5ncc(C(F)(F)F)cc5Cl)C(=O)C4(c4ccc(Cl)cc4)C3c3ccc(CO)o3)C2C1=O. The van der Waals surface area contributed by atoms with Gasteiger partial charge in [-0.1, -0.05) is 47.0 Å². The number of aromatic nitrogens is 1. The first-order valence-corrected chi connectivity index (χ1v) is 16.0. The number of nitrogens with one attached hydrogen (secondary N) is 1. The number of hydrazine groups is 1. The molecule has 1 aromatic carbocycles. The molecule has 48 heavy (non-hydrogen) atoms. The quantitative estimate of drug-likeness (QED) is 0.254. The van der Waals surface area contributed by atoms with Crippen molar-refractivity contribution >= 4 is 52.6 Å². The van der Waals surface area contributed by atoms with Crippen LogP contribution in [0.3, 0.4) is 0 Å². The Balaban J connectivity index is 1.42. The van der Waals surface area contributed by atoms with Gasteiger partial charge in [0.1, 0.15) is 23.5 Å². The summed E-state index contributed by atoms with van der Waals surface area (Å²) in [6.07, 6.45) is -2.14. The van der Waals surface area contributed by atoms with Gasteiger partial charge in [0.15, 0.2) is 5.82 Å². The van der Waals surface area contributed by atoms with Crippen LogP contribution in [0.5, 0.6) is 0 Å². The Bertz CT molecular complexity index is 1900. The van der Waals surface area contributed by atoms with Gasteiger partial charge in [-0.15, -0.1) is 0 Å². The van der Waals surface area contributed by atoms with Gasteiger partial charge >= 0.3 is 6.18 Å². The number of pyridine rings is 1. The van der Waals surface area contributed by atoms with Crippen LogP contribution < -0.4 is 5.43 Å². The van der Waals surface area contributed by atoms with Crippen molar-refractivity contribution in [2.45, 2.75) is 43.9 Å². The molecule has 250 valence electrons. The highest BCUT2D eigenvalue weighted by molar-refractivity contribution is 6.33. The Morgan fingerprint density at radius 3 is 2.40 bits per heavy atom. The molecule has 15 heteroatoms. The van der Waals surface area contributed by atoms with Gasteiger partial charge in [0.2, 0.25) is 11.8 Å². The molecule has 0 radical (unpaired) electrons. The second kappa shape index (κ2) is 11.5. The molecule has 2 aromatic heterocycles. The minimum Gasteiger partial charge on any atom is -0.463 e. The first-order valence-electron chi connectivity index (χ1n) is 15.2. The van der Waals surface area contributed by atoms with E-state index in [0.29, 0.717) is 33.4 Å². The van der Waals surface area contributed by atoms with Crippen molar-refractivity contribution in [1.82, 2.24) is 14.9 Å². The van der Waals surface area contributed by atoms with Crippen LogP contribution in [0.1, 0.15) is 48.3 Å². The molecule has 2 N–H and O–H groups in total. The minimum absolute atomic E-state index is 0.00675. The van der Waals surface area contributed by atoms with E-state index in [-0.39, 0.29) is 48.5 Å². The zero-order valence-corrected chi connectivity index (χ0v) is 26.6. The maximum absolute atomic E-state index is 15.0. The maximum atomic E-state index is 15.0. The second-order valence-corrected chi connectivity index (χ2v) is 13.1. The van der Waals surface area contributed by atoms with Gasteiger partial charge in [-0.05, 0) is 61.6 Å². The molecule has 3 fully saturated rings. The largest absolute Gasteiger partial charge is 0.463 e. The number of imide groups is 2. The minimum atomic E-state index is -4.74. The number of carbonyl (C=O) groups is 4. The highest BCUT2D eigenvalue weighted by Gasteiger charge is 2.71. The predicted octanol–water partition coefficient (Wildman–Crippen LogP) is 5.50. The number of furan rings is 1. The number of alkyl halides is 3. The fraction of sp³-hybridized carbons (Fsp3) is 0.364. The number of allylic oxidation sites excluding steroid dienone is 2. The molecule has 2 aliphatic heterocycles. The van der Waals surface area contributed by atoms with Crippen LogP contribution in [-0.4, -0.2) is 50.2 Å². The zero-order valence-electron chi connectivity index (χ0n) is 25.1. The molecule has 0 bridgehead atoms. The van der Waals surface area contributed by atoms with Crippen LogP contribution in [0, 0.1) is 23.7 Å². The summed E-state index contributed by atoms with van der Waals surface area (Å²) in [6, 6.07) is 10.1. The van der Waals surface area contributed by atoms with Crippen LogP contribution >= 0.6 is 23.2 Å². The number of anilines is 1. The second-order valence-electron chi connectivity index (χ2n) is 12.3. The summed E-state index contributed by atoms with van der Waals surface area (Å²) in [5.41, 5.74) is 0.761.